The highest BCUT2D eigenvalue weighted by Crippen LogP contribution is 2.16. The molecule has 1 atom stereocenters. The van der Waals surface area contributed by atoms with Crippen molar-refractivity contribution in [1.29, 1.82) is 0 Å². The Kier molecular flexibility index (Phi) is 6.58. The summed E-state index contributed by atoms with van der Waals surface area (Å²) in [6, 6.07) is 13.0. The molecule has 0 bridgehead atoms. The molecule has 0 aliphatic carbocycles. The Balaban J connectivity index is 1.86. The zero-order chi connectivity index (χ0) is 20.1. The van der Waals surface area contributed by atoms with E-state index in [1.807, 2.05) is 6.07 Å². The highest BCUT2D eigenvalue weighted by molar-refractivity contribution is 7.89. The third kappa shape index (κ3) is 5.03. The highest BCUT2D eigenvalue weighted by atomic mass is 32.2. The molecule has 1 fully saturated rings. The van der Waals surface area contributed by atoms with Crippen LogP contribution in [0.1, 0.15) is 5.56 Å². The Labute approximate surface area is 166 Å². The Morgan fingerprint density at radius 2 is 1.68 bits per heavy atom. The van der Waals surface area contributed by atoms with Gasteiger partial charge in [-0.1, -0.05) is 42.5 Å². The number of halogens is 1. The summed E-state index contributed by atoms with van der Waals surface area (Å²) in [5.41, 5.74) is 0.776. The minimum atomic E-state index is -4.24. The molecule has 0 saturated carbocycles. The van der Waals surface area contributed by atoms with E-state index in [0.717, 1.165) is 17.7 Å². The Bertz CT molecular complexity index is 957. The first kappa shape index (κ1) is 20.6. The first-order valence-corrected chi connectivity index (χ1v) is 11.8. The lowest BCUT2D eigenvalue weighted by molar-refractivity contribution is -0.132. The van der Waals surface area contributed by atoms with Crippen LogP contribution in [0, 0.1) is 5.82 Å². The number of hydrogen-bond donors (Lipinski definition) is 1. The van der Waals surface area contributed by atoms with Crippen molar-refractivity contribution in [3.63, 3.8) is 0 Å². The SMILES string of the molecule is O=C([C@H](Cc1ccccc1)NS(=O)(=O)c1ccccc1F)N1CCS(=O)CC1. The summed E-state index contributed by atoms with van der Waals surface area (Å²) < 4.78 is 53.4. The number of carbonyl (C=O) groups excluding carboxylic acids is 1. The third-order valence-electron chi connectivity index (χ3n) is 4.49. The molecule has 1 aliphatic rings. The monoisotopic (exact) mass is 424 g/mol. The standard InChI is InChI=1S/C19H21FN2O4S2/c20-16-8-4-5-9-18(16)28(25,26)21-17(14-15-6-2-1-3-7-15)19(23)22-10-12-27(24)13-11-22/h1-9,17,21H,10-14H2/t17-/m0/s1. The van der Waals surface area contributed by atoms with Gasteiger partial charge in [-0.15, -0.1) is 0 Å². The van der Waals surface area contributed by atoms with Crippen molar-refractivity contribution >= 4 is 26.7 Å². The van der Waals surface area contributed by atoms with E-state index in [1.54, 1.807) is 24.3 Å². The fourth-order valence-electron chi connectivity index (χ4n) is 3.02. The average molecular weight is 425 g/mol. The zero-order valence-electron chi connectivity index (χ0n) is 15.1. The van der Waals surface area contributed by atoms with Crippen LogP contribution in [0.3, 0.4) is 0 Å². The minimum absolute atomic E-state index is 0.132. The molecule has 9 heteroatoms. The summed E-state index contributed by atoms with van der Waals surface area (Å²) in [6.45, 7) is 0.607. The number of benzene rings is 2. The fraction of sp³-hybridized carbons (Fsp3) is 0.316. The molecule has 0 aromatic heterocycles. The van der Waals surface area contributed by atoms with E-state index < -0.39 is 43.5 Å². The molecular weight excluding hydrogens is 403 g/mol. The summed E-state index contributed by atoms with van der Waals surface area (Å²) >= 11 is 0. The topological polar surface area (TPSA) is 83.6 Å². The molecule has 0 spiro atoms. The lowest BCUT2D eigenvalue weighted by Gasteiger charge is -2.30. The van der Waals surface area contributed by atoms with Crippen molar-refractivity contribution < 1.29 is 21.8 Å². The van der Waals surface area contributed by atoms with Gasteiger partial charge in [-0.05, 0) is 24.1 Å². The number of sulfonamides is 1. The van der Waals surface area contributed by atoms with Crippen LogP contribution in [0.15, 0.2) is 59.5 Å². The summed E-state index contributed by atoms with van der Waals surface area (Å²) in [4.78, 5) is 14.0. The van der Waals surface area contributed by atoms with Crippen LogP contribution in [0.5, 0.6) is 0 Å². The summed E-state index contributed by atoms with van der Waals surface area (Å²) in [5, 5.41) is 0. The van der Waals surface area contributed by atoms with Crippen LogP contribution >= 0.6 is 0 Å². The summed E-state index contributed by atoms with van der Waals surface area (Å²) in [7, 11) is -5.20. The van der Waals surface area contributed by atoms with Crippen molar-refractivity contribution in [2.75, 3.05) is 24.6 Å². The van der Waals surface area contributed by atoms with Gasteiger partial charge >= 0.3 is 0 Å². The van der Waals surface area contributed by atoms with Crippen molar-refractivity contribution in [2.45, 2.75) is 17.4 Å². The largest absolute Gasteiger partial charge is 0.339 e. The van der Waals surface area contributed by atoms with Gasteiger partial charge < -0.3 is 4.90 Å². The van der Waals surface area contributed by atoms with Crippen molar-refractivity contribution in [1.82, 2.24) is 9.62 Å². The maximum Gasteiger partial charge on any atom is 0.244 e. The maximum atomic E-state index is 14.0. The van der Waals surface area contributed by atoms with Gasteiger partial charge in [-0.2, -0.15) is 4.72 Å². The molecule has 28 heavy (non-hydrogen) atoms. The molecule has 1 heterocycles. The van der Waals surface area contributed by atoms with Gasteiger partial charge in [-0.25, -0.2) is 12.8 Å². The van der Waals surface area contributed by atoms with Gasteiger partial charge in [0.05, 0.1) is 0 Å². The van der Waals surface area contributed by atoms with Crippen LogP contribution in [-0.2, 0) is 32.0 Å². The first-order valence-electron chi connectivity index (χ1n) is 8.81. The molecule has 2 aromatic rings. The van der Waals surface area contributed by atoms with Crippen molar-refractivity contribution in [3.8, 4) is 0 Å². The highest BCUT2D eigenvalue weighted by Gasteiger charge is 2.32. The predicted octanol–water partition coefficient (Wildman–Crippen LogP) is 1.31. The lowest BCUT2D eigenvalue weighted by Crippen LogP contribution is -2.53. The number of nitrogens with one attached hydrogen (secondary N) is 1. The number of rotatable bonds is 6. The van der Waals surface area contributed by atoms with Crippen LogP contribution < -0.4 is 4.72 Å². The molecule has 3 rings (SSSR count). The molecule has 0 radical (unpaired) electrons. The van der Waals surface area contributed by atoms with Gasteiger partial charge in [0, 0.05) is 35.4 Å². The van der Waals surface area contributed by atoms with Gasteiger partial charge in [0.25, 0.3) is 0 Å². The fourth-order valence-corrected chi connectivity index (χ4v) is 5.34. The van der Waals surface area contributed by atoms with Gasteiger partial charge in [0.2, 0.25) is 15.9 Å². The number of nitrogens with zero attached hydrogens (tertiary/aromatic N) is 1. The molecular formula is C19H21FN2O4S2. The van der Waals surface area contributed by atoms with Crippen molar-refractivity contribution in [3.05, 3.63) is 66.0 Å². The van der Waals surface area contributed by atoms with E-state index in [2.05, 4.69) is 4.72 Å². The van der Waals surface area contributed by atoms with E-state index in [4.69, 9.17) is 0 Å². The average Bonchev–Trinajstić information content (AvgIpc) is 2.68. The first-order chi connectivity index (χ1) is 13.4. The van der Waals surface area contributed by atoms with Gasteiger partial charge in [-0.3, -0.25) is 9.00 Å². The second kappa shape index (κ2) is 8.93. The van der Waals surface area contributed by atoms with E-state index in [1.165, 1.54) is 17.0 Å². The van der Waals surface area contributed by atoms with Crippen LogP contribution in [0.25, 0.3) is 0 Å². The minimum Gasteiger partial charge on any atom is -0.339 e. The molecule has 0 unspecified atom stereocenters. The normalized spacial score (nSPS) is 16.7. The summed E-state index contributed by atoms with van der Waals surface area (Å²) in [5.74, 6) is -0.553. The third-order valence-corrected chi connectivity index (χ3v) is 7.27. The van der Waals surface area contributed by atoms with E-state index >= 15 is 0 Å². The molecule has 150 valence electrons. The number of amides is 1. The smallest absolute Gasteiger partial charge is 0.244 e. The lowest BCUT2D eigenvalue weighted by atomic mass is 10.1. The van der Waals surface area contributed by atoms with E-state index in [9.17, 15) is 21.8 Å². The molecule has 1 N–H and O–H groups in total. The van der Waals surface area contributed by atoms with Crippen molar-refractivity contribution in [2.24, 2.45) is 0 Å². The second-order valence-corrected chi connectivity index (χ2v) is 9.85. The van der Waals surface area contributed by atoms with E-state index in [0.29, 0.717) is 24.6 Å². The molecule has 6 nitrogen and oxygen atoms in total. The van der Waals surface area contributed by atoms with Gasteiger partial charge in [0.1, 0.15) is 16.8 Å². The molecule has 2 aromatic carbocycles. The van der Waals surface area contributed by atoms with Crippen LogP contribution in [0.2, 0.25) is 0 Å². The zero-order valence-corrected chi connectivity index (χ0v) is 16.7. The molecule has 1 aliphatic heterocycles. The second-order valence-electron chi connectivity index (χ2n) is 6.47. The molecule has 1 amide bonds. The Hall–Kier alpha value is -2.10. The Morgan fingerprint density at radius 1 is 1.07 bits per heavy atom. The maximum absolute atomic E-state index is 14.0. The quantitative estimate of drug-likeness (QED) is 0.758. The van der Waals surface area contributed by atoms with Crippen LogP contribution in [-0.4, -0.2) is 54.1 Å². The predicted molar refractivity (Wildman–Crippen MR) is 105 cm³/mol. The Morgan fingerprint density at radius 3 is 2.32 bits per heavy atom. The summed E-state index contributed by atoms with van der Waals surface area (Å²) in [6.07, 6.45) is 0.132. The van der Waals surface area contributed by atoms with Gasteiger partial charge in [0.15, 0.2) is 0 Å². The molecule has 1 saturated heterocycles. The number of carbonyl (C=O) groups is 1. The number of hydrogen-bond acceptors (Lipinski definition) is 4. The van der Waals surface area contributed by atoms with Crippen LogP contribution in [0.4, 0.5) is 4.39 Å². The van der Waals surface area contributed by atoms with E-state index in [-0.39, 0.29) is 6.42 Å².